The Morgan fingerprint density at radius 3 is 2.58 bits per heavy atom. The molecule has 1 amide bonds. The van der Waals surface area contributed by atoms with Gasteiger partial charge in [-0.25, -0.2) is 0 Å². The zero-order chi connectivity index (χ0) is 16.8. The van der Waals surface area contributed by atoms with E-state index in [1.807, 2.05) is 12.1 Å². The first-order valence-corrected chi connectivity index (χ1v) is 8.52. The molecule has 126 valence electrons. The minimum atomic E-state index is -0.0670. The summed E-state index contributed by atoms with van der Waals surface area (Å²) in [5.41, 5.74) is 3.17. The maximum Gasteiger partial charge on any atom is 0.251 e. The van der Waals surface area contributed by atoms with Crippen molar-refractivity contribution in [2.45, 2.75) is 19.3 Å². The molecule has 1 aliphatic rings. The van der Waals surface area contributed by atoms with E-state index in [0.29, 0.717) is 17.9 Å². The van der Waals surface area contributed by atoms with Gasteiger partial charge >= 0.3 is 0 Å². The third-order valence-corrected chi connectivity index (χ3v) is 4.44. The SMILES string of the molecule is COc1cccc(C(=O)NCCc2ccc(N3CCCC3)cc2)c1. The van der Waals surface area contributed by atoms with E-state index >= 15 is 0 Å². The molecular weight excluding hydrogens is 300 g/mol. The Morgan fingerprint density at radius 2 is 1.88 bits per heavy atom. The summed E-state index contributed by atoms with van der Waals surface area (Å²) in [4.78, 5) is 14.6. The van der Waals surface area contributed by atoms with Gasteiger partial charge in [0.1, 0.15) is 5.75 Å². The predicted octanol–water partition coefficient (Wildman–Crippen LogP) is 3.27. The number of carbonyl (C=O) groups is 1. The highest BCUT2D eigenvalue weighted by Crippen LogP contribution is 2.20. The van der Waals surface area contributed by atoms with Crippen LogP contribution in [0.25, 0.3) is 0 Å². The Kier molecular flexibility index (Phi) is 5.36. The number of benzene rings is 2. The summed E-state index contributed by atoms with van der Waals surface area (Å²) in [6, 6.07) is 15.9. The average Bonchev–Trinajstić information content (AvgIpc) is 3.17. The van der Waals surface area contributed by atoms with Crippen LogP contribution < -0.4 is 15.0 Å². The highest BCUT2D eigenvalue weighted by Gasteiger charge is 2.11. The summed E-state index contributed by atoms with van der Waals surface area (Å²) < 4.78 is 5.15. The number of methoxy groups -OCH3 is 1. The standard InChI is InChI=1S/C20H24N2O2/c1-24-19-6-4-5-17(15-19)20(23)21-12-11-16-7-9-18(10-8-16)22-13-2-3-14-22/h4-10,15H,2-3,11-14H2,1H3,(H,21,23). The summed E-state index contributed by atoms with van der Waals surface area (Å²) >= 11 is 0. The summed E-state index contributed by atoms with van der Waals surface area (Å²) in [5, 5.41) is 2.96. The lowest BCUT2D eigenvalue weighted by Crippen LogP contribution is -2.25. The fourth-order valence-electron chi connectivity index (χ4n) is 3.04. The molecule has 0 saturated carbocycles. The lowest BCUT2D eigenvalue weighted by atomic mass is 10.1. The normalized spacial score (nSPS) is 13.8. The highest BCUT2D eigenvalue weighted by atomic mass is 16.5. The molecule has 1 saturated heterocycles. The number of anilines is 1. The molecule has 2 aromatic rings. The van der Waals surface area contributed by atoms with Crippen LogP contribution in [0.4, 0.5) is 5.69 Å². The van der Waals surface area contributed by atoms with Gasteiger partial charge in [0, 0.05) is 30.9 Å². The first kappa shape index (κ1) is 16.4. The van der Waals surface area contributed by atoms with E-state index in [0.717, 1.165) is 19.5 Å². The molecule has 4 nitrogen and oxygen atoms in total. The van der Waals surface area contributed by atoms with Gasteiger partial charge in [-0.3, -0.25) is 4.79 Å². The van der Waals surface area contributed by atoms with Crippen molar-refractivity contribution in [3.05, 3.63) is 59.7 Å². The molecule has 2 aromatic carbocycles. The molecule has 1 heterocycles. The van der Waals surface area contributed by atoms with Crippen molar-refractivity contribution in [3.8, 4) is 5.75 Å². The molecule has 4 heteroatoms. The van der Waals surface area contributed by atoms with Crippen LogP contribution in [0, 0.1) is 0 Å². The minimum Gasteiger partial charge on any atom is -0.497 e. The van der Waals surface area contributed by atoms with Gasteiger partial charge in [0.05, 0.1) is 7.11 Å². The lowest BCUT2D eigenvalue weighted by Gasteiger charge is -2.17. The Hall–Kier alpha value is -2.49. The molecule has 24 heavy (non-hydrogen) atoms. The van der Waals surface area contributed by atoms with Crippen LogP contribution in [-0.4, -0.2) is 32.7 Å². The maximum atomic E-state index is 12.2. The van der Waals surface area contributed by atoms with E-state index in [1.54, 1.807) is 19.2 Å². The zero-order valence-electron chi connectivity index (χ0n) is 14.1. The second-order valence-corrected chi connectivity index (χ2v) is 6.10. The number of nitrogens with one attached hydrogen (secondary N) is 1. The first-order chi connectivity index (χ1) is 11.8. The van der Waals surface area contributed by atoms with E-state index in [2.05, 4.69) is 34.5 Å². The summed E-state index contributed by atoms with van der Waals surface area (Å²) in [7, 11) is 1.60. The van der Waals surface area contributed by atoms with Crippen molar-refractivity contribution in [2.24, 2.45) is 0 Å². The number of carbonyl (C=O) groups excluding carboxylic acids is 1. The zero-order valence-corrected chi connectivity index (χ0v) is 14.1. The lowest BCUT2D eigenvalue weighted by molar-refractivity contribution is 0.0954. The van der Waals surface area contributed by atoms with Gasteiger partial charge in [-0.2, -0.15) is 0 Å². The fourth-order valence-corrected chi connectivity index (χ4v) is 3.04. The molecule has 1 fully saturated rings. The number of hydrogen-bond acceptors (Lipinski definition) is 3. The number of hydrogen-bond donors (Lipinski definition) is 1. The van der Waals surface area contributed by atoms with E-state index < -0.39 is 0 Å². The maximum absolute atomic E-state index is 12.2. The molecule has 1 N–H and O–H groups in total. The number of nitrogens with zero attached hydrogens (tertiary/aromatic N) is 1. The molecule has 0 radical (unpaired) electrons. The van der Waals surface area contributed by atoms with Crippen molar-refractivity contribution in [3.63, 3.8) is 0 Å². The molecule has 1 aliphatic heterocycles. The van der Waals surface area contributed by atoms with Gasteiger partial charge in [0.15, 0.2) is 0 Å². The topological polar surface area (TPSA) is 41.6 Å². The molecule has 3 rings (SSSR count). The predicted molar refractivity (Wildman–Crippen MR) is 96.9 cm³/mol. The summed E-state index contributed by atoms with van der Waals surface area (Å²) in [6.07, 6.45) is 3.41. The van der Waals surface area contributed by atoms with E-state index in [-0.39, 0.29) is 5.91 Å². The monoisotopic (exact) mass is 324 g/mol. The van der Waals surface area contributed by atoms with E-state index in [1.165, 1.54) is 24.1 Å². The van der Waals surface area contributed by atoms with Crippen LogP contribution in [-0.2, 0) is 6.42 Å². The Morgan fingerprint density at radius 1 is 1.12 bits per heavy atom. The molecule has 0 atom stereocenters. The molecule has 0 spiro atoms. The van der Waals surface area contributed by atoms with Crippen molar-refractivity contribution in [1.82, 2.24) is 5.32 Å². The molecule has 0 aromatic heterocycles. The van der Waals surface area contributed by atoms with E-state index in [4.69, 9.17) is 4.74 Å². The Bertz CT molecular complexity index is 676. The van der Waals surface area contributed by atoms with Gasteiger partial charge in [-0.05, 0) is 55.2 Å². The second kappa shape index (κ2) is 7.86. The smallest absolute Gasteiger partial charge is 0.251 e. The van der Waals surface area contributed by atoms with Crippen LogP contribution in [0.1, 0.15) is 28.8 Å². The van der Waals surface area contributed by atoms with Crippen molar-refractivity contribution >= 4 is 11.6 Å². The highest BCUT2D eigenvalue weighted by molar-refractivity contribution is 5.94. The van der Waals surface area contributed by atoms with Gasteiger partial charge < -0.3 is 15.0 Å². The average molecular weight is 324 g/mol. The largest absolute Gasteiger partial charge is 0.497 e. The van der Waals surface area contributed by atoms with Crippen LogP contribution in [0.2, 0.25) is 0 Å². The molecule has 0 unspecified atom stereocenters. The third-order valence-electron chi connectivity index (χ3n) is 4.44. The van der Waals surface area contributed by atoms with Crippen molar-refractivity contribution in [1.29, 1.82) is 0 Å². The summed E-state index contributed by atoms with van der Waals surface area (Å²) in [6.45, 7) is 2.95. The molecule has 0 aliphatic carbocycles. The van der Waals surface area contributed by atoms with E-state index in [9.17, 15) is 4.79 Å². The van der Waals surface area contributed by atoms with Crippen LogP contribution >= 0.6 is 0 Å². The third kappa shape index (κ3) is 4.07. The van der Waals surface area contributed by atoms with Gasteiger partial charge in [-0.1, -0.05) is 18.2 Å². The Balaban J connectivity index is 1.49. The summed E-state index contributed by atoms with van der Waals surface area (Å²) in [5.74, 6) is 0.628. The Labute approximate surface area is 143 Å². The number of rotatable bonds is 6. The van der Waals surface area contributed by atoms with Crippen molar-refractivity contribution in [2.75, 3.05) is 31.6 Å². The van der Waals surface area contributed by atoms with Gasteiger partial charge in [0.25, 0.3) is 5.91 Å². The minimum absolute atomic E-state index is 0.0670. The molecular formula is C20H24N2O2. The van der Waals surface area contributed by atoms with Crippen LogP contribution in [0.15, 0.2) is 48.5 Å². The quantitative estimate of drug-likeness (QED) is 0.887. The number of ether oxygens (including phenoxy) is 1. The number of amides is 1. The van der Waals surface area contributed by atoms with Crippen LogP contribution in [0.5, 0.6) is 5.75 Å². The fraction of sp³-hybridized carbons (Fsp3) is 0.350. The second-order valence-electron chi connectivity index (χ2n) is 6.10. The van der Waals surface area contributed by atoms with Crippen LogP contribution in [0.3, 0.4) is 0 Å². The first-order valence-electron chi connectivity index (χ1n) is 8.52. The van der Waals surface area contributed by atoms with Gasteiger partial charge in [-0.15, -0.1) is 0 Å². The van der Waals surface area contributed by atoms with Gasteiger partial charge in [0.2, 0.25) is 0 Å². The van der Waals surface area contributed by atoms with Crippen molar-refractivity contribution < 1.29 is 9.53 Å². The molecule has 0 bridgehead atoms.